The van der Waals surface area contributed by atoms with Gasteiger partial charge in [0.2, 0.25) is 5.91 Å². The molecule has 0 atom stereocenters. The summed E-state index contributed by atoms with van der Waals surface area (Å²) in [5, 5.41) is 12.4. The number of carbonyl (C=O) groups excluding carboxylic acids is 3. The lowest BCUT2D eigenvalue weighted by molar-refractivity contribution is -0.127. The van der Waals surface area contributed by atoms with Crippen molar-refractivity contribution in [1.29, 1.82) is 0 Å². The van der Waals surface area contributed by atoms with E-state index in [0.717, 1.165) is 22.2 Å². The molecule has 3 amide bonds. The maximum absolute atomic E-state index is 12.6. The molecule has 0 bridgehead atoms. The minimum Gasteiger partial charge on any atom is -0.504 e. The number of amides is 3. The van der Waals surface area contributed by atoms with E-state index >= 15 is 0 Å². The zero-order valence-corrected chi connectivity index (χ0v) is 17.8. The van der Waals surface area contributed by atoms with Gasteiger partial charge >= 0.3 is 0 Å². The molecule has 0 aromatic heterocycles. The van der Waals surface area contributed by atoms with E-state index < -0.39 is 23.6 Å². The van der Waals surface area contributed by atoms with Crippen LogP contribution in [0.25, 0.3) is 6.08 Å². The predicted molar refractivity (Wildman–Crippen MR) is 117 cm³/mol. The molecule has 0 spiro atoms. The zero-order chi connectivity index (χ0) is 21.8. The van der Waals surface area contributed by atoms with Crippen molar-refractivity contribution in [1.82, 2.24) is 4.90 Å². The van der Waals surface area contributed by atoms with Crippen molar-refractivity contribution in [3.05, 3.63) is 57.5 Å². The van der Waals surface area contributed by atoms with Gasteiger partial charge in [0.15, 0.2) is 11.5 Å². The number of benzene rings is 2. The lowest BCUT2D eigenvalue weighted by atomic mass is 10.2. The second kappa shape index (κ2) is 9.23. The molecule has 0 unspecified atom stereocenters. The van der Waals surface area contributed by atoms with Gasteiger partial charge in [-0.25, -0.2) is 0 Å². The lowest BCUT2D eigenvalue weighted by Gasteiger charge is -2.13. The van der Waals surface area contributed by atoms with E-state index in [4.69, 9.17) is 16.3 Å². The molecule has 0 aliphatic carbocycles. The van der Waals surface area contributed by atoms with Gasteiger partial charge in [0.25, 0.3) is 11.1 Å². The Morgan fingerprint density at radius 3 is 2.77 bits per heavy atom. The number of nitrogens with one attached hydrogen (secondary N) is 1. The number of thioether (sulfide) groups is 1. The van der Waals surface area contributed by atoms with Crippen molar-refractivity contribution in [2.75, 3.05) is 18.5 Å². The molecule has 2 aromatic carbocycles. The molecule has 2 N–H and O–H groups in total. The van der Waals surface area contributed by atoms with Gasteiger partial charge in [-0.3, -0.25) is 19.3 Å². The molecule has 9 heteroatoms. The molecular weight excluding hydrogens is 428 g/mol. The summed E-state index contributed by atoms with van der Waals surface area (Å²) in [5.74, 6) is -0.807. The van der Waals surface area contributed by atoms with Crippen LogP contribution in [0.3, 0.4) is 0 Å². The number of hydrogen-bond donors (Lipinski definition) is 2. The summed E-state index contributed by atoms with van der Waals surface area (Å²) in [7, 11) is 0. The van der Waals surface area contributed by atoms with Crippen LogP contribution in [0, 0.1) is 6.92 Å². The number of ether oxygens (including phenoxy) is 1. The quantitative estimate of drug-likeness (QED) is 0.637. The summed E-state index contributed by atoms with van der Waals surface area (Å²) < 4.78 is 5.33. The fourth-order valence-electron chi connectivity index (χ4n) is 2.74. The van der Waals surface area contributed by atoms with Crippen LogP contribution in [-0.4, -0.2) is 40.2 Å². The first kappa shape index (κ1) is 21.7. The summed E-state index contributed by atoms with van der Waals surface area (Å²) >= 11 is 6.70. The fourth-order valence-corrected chi connectivity index (χ4v) is 3.75. The standard InChI is InChI=1S/C21H19ClN2O5S/c1-3-29-17-8-13(5-7-16(17)25)9-18-20(27)24(21(28)30-18)11-19(26)23-15-10-14(22)6-4-12(15)2/h4-10,25H,3,11H2,1-2H3,(H,23,26)/b18-9+. The van der Waals surface area contributed by atoms with Crippen LogP contribution < -0.4 is 10.1 Å². The van der Waals surface area contributed by atoms with E-state index in [2.05, 4.69) is 5.32 Å². The van der Waals surface area contributed by atoms with Gasteiger partial charge in [0, 0.05) is 10.7 Å². The van der Waals surface area contributed by atoms with Crippen LogP contribution in [0.2, 0.25) is 5.02 Å². The number of carbonyl (C=O) groups is 3. The molecule has 7 nitrogen and oxygen atoms in total. The fraction of sp³-hybridized carbons (Fsp3) is 0.190. The highest BCUT2D eigenvalue weighted by Gasteiger charge is 2.36. The van der Waals surface area contributed by atoms with Gasteiger partial charge in [-0.15, -0.1) is 0 Å². The normalized spacial score (nSPS) is 15.0. The zero-order valence-electron chi connectivity index (χ0n) is 16.3. The largest absolute Gasteiger partial charge is 0.504 e. The van der Waals surface area contributed by atoms with Crippen molar-refractivity contribution < 1.29 is 24.2 Å². The number of rotatable bonds is 6. The topological polar surface area (TPSA) is 95.9 Å². The highest BCUT2D eigenvalue weighted by Crippen LogP contribution is 2.34. The number of phenolic OH excluding ortho intramolecular Hbond substituents is 1. The summed E-state index contributed by atoms with van der Waals surface area (Å²) in [6, 6.07) is 9.68. The van der Waals surface area contributed by atoms with E-state index in [0.29, 0.717) is 22.9 Å². The SMILES string of the molecule is CCOc1cc(/C=C2/SC(=O)N(CC(=O)Nc3cc(Cl)ccc3C)C2=O)ccc1O. The van der Waals surface area contributed by atoms with Crippen LogP contribution in [0.5, 0.6) is 11.5 Å². The van der Waals surface area contributed by atoms with Crippen LogP contribution in [0.15, 0.2) is 41.3 Å². The first-order valence-corrected chi connectivity index (χ1v) is 10.2. The first-order chi connectivity index (χ1) is 14.3. The van der Waals surface area contributed by atoms with Crippen molar-refractivity contribution >= 4 is 52.2 Å². The van der Waals surface area contributed by atoms with Gasteiger partial charge < -0.3 is 15.2 Å². The van der Waals surface area contributed by atoms with Gasteiger partial charge in [-0.05, 0) is 67.1 Å². The monoisotopic (exact) mass is 446 g/mol. The molecule has 156 valence electrons. The third kappa shape index (κ3) is 4.95. The number of hydrogen-bond acceptors (Lipinski definition) is 6. The van der Waals surface area contributed by atoms with Gasteiger partial charge in [-0.2, -0.15) is 0 Å². The van der Waals surface area contributed by atoms with E-state index in [9.17, 15) is 19.5 Å². The molecule has 1 aliphatic rings. The highest BCUT2D eigenvalue weighted by atomic mass is 35.5. The van der Waals surface area contributed by atoms with Gasteiger partial charge in [0.05, 0.1) is 11.5 Å². The Labute approximate surface area is 182 Å². The van der Waals surface area contributed by atoms with E-state index in [-0.39, 0.29) is 16.4 Å². The first-order valence-electron chi connectivity index (χ1n) is 9.05. The van der Waals surface area contributed by atoms with Crippen molar-refractivity contribution in [2.45, 2.75) is 13.8 Å². The van der Waals surface area contributed by atoms with Crippen molar-refractivity contribution in [3.8, 4) is 11.5 Å². The minimum absolute atomic E-state index is 0.0184. The van der Waals surface area contributed by atoms with E-state index in [1.807, 2.05) is 6.92 Å². The Balaban J connectivity index is 1.73. The number of halogens is 1. The lowest BCUT2D eigenvalue weighted by Crippen LogP contribution is -2.36. The maximum atomic E-state index is 12.6. The second-order valence-electron chi connectivity index (χ2n) is 6.44. The Morgan fingerprint density at radius 2 is 2.03 bits per heavy atom. The van der Waals surface area contributed by atoms with Gasteiger partial charge in [0.1, 0.15) is 6.54 Å². The van der Waals surface area contributed by atoms with Crippen LogP contribution in [0.1, 0.15) is 18.1 Å². The van der Waals surface area contributed by atoms with Crippen LogP contribution >= 0.6 is 23.4 Å². The average molecular weight is 447 g/mol. The Kier molecular flexibility index (Phi) is 6.69. The average Bonchev–Trinajstić information content (AvgIpc) is 2.95. The molecular formula is C21H19ClN2O5S. The second-order valence-corrected chi connectivity index (χ2v) is 7.87. The van der Waals surface area contributed by atoms with E-state index in [1.54, 1.807) is 37.3 Å². The van der Waals surface area contributed by atoms with Gasteiger partial charge in [-0.1, -0.05) is 23.7 Å². The smallest absolute Gasteiger partial charge is 0.294 e. The molecule has 0 radical (unpaired) electrons. The summed E-state index contributed by atoms with van der Waals surface area (Å²) in [6.07, 6.45) is 1.52. The van der Waals surface area contributed by atoms with Crippen molar-refractivity contribution in [2.24, 2.45) is 0 Å². The van der Waals surface area contributed by atoms with Crippen LogP contribution in [0.4, 0.5) is 10.5 Å². The number of phenols is 1. The molecule has 0 saturated carbocycles. The highest BCUT2D eigenvalue weighted by molar-refractivity contribution is 8.18. The predicted octanol–water partition coefficient (Wildman–Crippen LogP) is 4.43. The summed E-state index contributed by atoms with van der Waals surface area (Å²) in [5.41, 5.74) is 1.91. The Bertz CT molecular complexity index is 1050. The molecule has 1 fully saturated rings. The third-order valence-corrected chi connectivity index (χ3v) is 5.37. The van der Waals surface area contributed by atoms with Crippen molar-refractivity contribution in [3.63, 3.8) is 0 Å². The number of nitrogens with zero attached hydrogens (tertiary/aromatic N) is 1. The minimum atomic E-state index is -0.561. The molecule has 1 saturated heterocycles. The molecule has 3 rings (SSSR count). The number of aryl methyl sites for hydroxylation is 1. The number of imide groups is 1. The Hall–Kier alpha value is -2.97. The molecule has 1 heterocycles. The third-order valence-electron chi connectivity index (χ3n) is 4.23. The van der Waals surface area contributed by atoms with Crippen LogP contribution in [-0.2, 0) is 9.59 Å². The molecule has 1 aliphatic heterocycles. The Morgan fingerprint density at radius 1 is 1.27 bits per heavy atom. The maximum Gasteiger partial charge on any atom is 0.294 e. The molecule has 30 heavy (non-hydrogen) atoms. The summed E-state index contributed by atoms with van der Waals surface area (Å²) in [4.78, 5) is 38.4. The number of aromatic hydroxyl groups is 1. The van der Waals surface area contributed by atoms with E-state index in [1.165, 1.54) is 12.1 Å². The summed E-state index contributed by atoms with van der Waals surface area (Å²) in [6.45, 7) is 3.55. The molecule has 2 aromatic rings. The number of anilines is 1.